The number of aromatic nitrogens is 2. The third kappa shape index (κ3) is 5.10. The van der Waals surface area contributed by atoms with Crippen LogP contribution in [-0.4, -0.2) is 67.5 Å². The molecule has 0 atom stereocenters. The smallest absolute Gasteiger partial charge is 0.318 e. The molecular formula is C28H34FN5O4. The second kappa shape index (κ2) is 11.5. The fourth-order valence-electron chi connectivity index (χ4n) is 5.29. The van der Waals surface area contributed by atoms with E-state index in [-0.39, 0.29) is 30.0 Å². The minimum atomic E-state index is -0.340. The van der Waals surface area contributed by atoms with Crippen molar-refractivity contribution in [2.45, 2.75) is 39.2 Å². The predicted octanol–water partition coefficient (Wildman–Crippen LogP) is 3.80. The molecule has 0 radical (unpaired) electrons. The number of ether oxygens (including phenoxy) is 2. The zero-order chi connectivity index (χ0) is 26.6. The van der Waals surface area contributed by atoms with Gasteiger partial charge in [-0.25, -0.2) is 4.39 Å². The van der Waals surface area contributed by atoms with E-state index >= 15 is 0 Å². The lowest BCUT2D eigenvalue weighted by Gasteiger charge is -2.23. The Morgan fingerprint density at radius 2 is 1.95 bits per heavy atom. The number of nitrogens with one attached hydrogen (secondary N) is 1. The van der Waals surface area contributed by atoms with Gasteiger partial charge in [-0.1, -0.05) is 13.0 Å². The van der Waals surface area contributed by atoms with Gasteiger partial charge in [0.25, 0.3) is 5.91 Å². The van der Waals surface area contributed by atoms with Gasteiger partial charge in [0.05, 0.1) is 31.6 Å². The van der Waals surface area contributed by atoms with Crippen LogP contribution in [0.15, 0.2) is 24.3 Å². The Morgan fingerprint density at radius 1 is 1.13 bits per heavy atom. The largest absolute Gasteiger partial charge is 0.508 e. The number of carbonyl (C=O) groups is 1. The molecule has 0 bridgehead atoms. The average molecular weight is 524 g/mol. The molecule has 3 aliphatic rings. The van der Waals surface area contributed by atoms with Crippen molar-refractivity contribution in [3.05, 3.63) is 46.9 Å². The monoisotopic (exact) mass is 523 g/mol. The minimum absolute atomic E-state index is 0.00322. The van der Waals surface area contributed by atoms with Gasteiger partial charge in [0.15, 0.2) is 0 Å². The van der Waals surface area contributed by atoms with E-state index < -0.39 is 0 Å². The Labute approximate surface area is 221 Å². The number of nitrogens with zero attached hydrogens (tertiary/aromatic N) is 4. The van der Waals surface area contributed by atoms with Crippen molar-refractivity contribution in [3.63, 3.8) is 0 Å². The summed E-state index contributed by atoms with van der Waals surface area (Å²) in [6.45, 7) is 7.02. The first-order chi connectivity index (χ1) is 18.5. The van der Waals surface area contributed by atoms with Crippen LogP contribution in [0.1, 0.15) is 47.8 Å². The van der Waals surface area contributed by atoms with Crippen LogP contribution in [0.5, 0.6) is 11.8 Å². The number of amides is 1. The molecule has 3 aromatic rings. The molecule has 2 saturated heterocycles. The van der Waals surface area contributed by atoms with E-state index in [4.69, 9.17) is 9.47 Å². The zero-order valence-corrected chi connectivity index (χ0v) is 21.9. The number of phenolic OH excluding ortho intramolecular Hbond substituents is 1. The normalized spacial score (nSPS) is 17.3. The lowest BCUT2D eigenvalue weighted by Crippen LogP contribution is -2.30. The summed E-state index contributed by atoms with van der Waals surface area (Å²) in [5, 5.41) is 14.9. The first-order valence-corrected chi connectivity index (χ1v) is 13.3. The van der Waals surface area contributed by atoms with E-state index in [1.807, 2.05) is 11.8 Å². The van der Waals surface area contributed by atoms with Crippen molar-refractivity contribution < 1.29 is 23.8 Å². The summed E-state index contributed by atoms with van der Waals surface area (Å²) < 4.78 is 25.6. The van der Waals surface area contributed by atoms with Crippen molar-refractivity contribution in [1.29, 1.82) is 0 Å². The minimum Gasteiger partial charge on any atom is -0.508 e. The topological polar surface area (TPSA) is 100 Å². The van der Waals surface area contributed by atoms with Crippen LogP contribution in [0.3, 0.4) is 0 Å². The predicted molar refractivity (Wildman–Crippen MR) is 144 cm³/mol. The second-order valence-corrected chi connectivity index (χ2v) is 9.60. The number of hydrogen-bond donors (Lipinski definition) is 2. The summed E-state index contributed by atoms with van der Waals surface area (Å²) in [6, 6.07) is 6.28. The number of rotatable bonds is 4. The molecule has 0 unspecified atom stereocenters. The molecule has 2 fully saturated rings. The Hall–Kier alpha value is -3.50. The van der Waals surface area contributed by atoms with Crippen LogP contribution < -0.4 is 19.9 Å². The highest BCUT2D eigenvalue weighted by Gasteiger charge is 2.37. The highest BCUT2D eigenvalue weighted by molar-refractivity contribution is 6.16. The molecule has 2 N–H and O–H groups in total. The molecule has 1 aromatic heterocycles. The fraction of sp³-hybridized carbons (Fsp3) is 0.464. The van der Waals surface area contributed by atoms with Gasteiger partial charge in [0.1, 0.15) is 22.9 Å². The summed E-state index contributed by atoms with van der Waals surface area (Å²) in [5.74, 6) is -0.108. The van der Waals surface area contributed by atoms with Crippen LogP contribution >= 0.6 is 0 Å². The molecule has 4 heterocycles. The Morgan fingerprint density at radius 3 is 2.66 bits per heavy atom. The summed E-state index contributed by atoms with van der Waals surface area (Å²) >= 11 is 0. The number of phenols is 1. The highest BCUT2D eigenvalue weighted by Crippen LogP contribution is 2.40. The fourth-order valence-corrected chi connectivity index (χ4v) is 5.29. The Balaban J connectivity index is 0.000000529. The van der Waals surface area contributed by atoms with Crippen molar-refractivity contribution in [2.24, 2.45) is 0 Å². The first-order valence-electron chi connectivity index (χ1n) is 13.3. The van der Waals surface area contributed by atoms with Crippen LogP contribution in [-0.2, 0) is 17.7 Å². The summed E-state index contributed by atoms with van der Waals surface area (Å²) in [7, 11) is 1.49. The average Bonchev–Trinajstić information content (AvgIpc) is 3.53. The molecule has 3 aliphatic heterocycles. The molecule has 38 heavy (non-hydrogen) atoms. The SMILES string of the molecule is C1CCNC1.CCc1c(F)ccc2cc(O)cc(N3Cc4nc(OC)nc(N5CCCOCC5)c4C3=O)c12. The number of halogens is 1. The number of benzene rings is 2. The van der Waals surface area contributed by atoms with Crippen molar-refractivity contribution in [2.75, 3.05) is 56.3 Å². The Bertz CT molecular complexity index is 1310. The number of carbonyl (C=O) groups excluding carboxylic acids is 1. The third-order valence-corrected chi connectivity index (χ3v) is 7.15. The van der Waals surface area contributed by atoms with Crippen molar-refractivity contribution >= 4 is 28.2 Å². The maximum absolute atomic E-state index is 14.7. The molecular weight excluding hydrogens is 489 g/mol. The summed E-state index contributed by atoms with van der Waals surface area (Å²) in [4.78, 5) is 26.3. The van der Waals surface area contributed by atoms with Gasteiger partial charge >= 0.3 is 6.01 Å². The highest BCUT2D eigenvalue weighted by atomic mass is 19.1. The summed E-state index contributed by atoms with van der Waals surface area (Å²) in [5.41, 5.74) is 1.90. The van der Waals surface area contributed by atoms with Gasteiger partial charge in [-0.3, -0.25) is 4.79 Å². The number of aromatic hydroxyl groups is 1. The maximum atomic E-state index is 14.7. The van der Waals surface area contributed by atoms with E-state index in [1.165, 1.54) is 50.1 Å². The van der Waals surface area contributed by atoms with Gasteiger partial charge < -0.3 is 29.7 Å². The molecule has 0 spiro atoms. The van der Waals surface area contributed by atoms with Crippen LogP contribution in [0.4, 0.5) is 15.9 Å². The number of anilines is 2. The molecule has 6 rings (SSSR count). The number of hydrogen-bond acceptors (Lipinski definition) is 8. The van der Waals surface area contributed by atoms with E-state index in [0.29, 0.717) is 71.8 Å². The second-order valence-electron chi connectivity index (χ2n) is 9.60. The third-order valence-electron chi connectivity index (χ3n) is 7.15. The first kappa shape index (κ1) is 26.1. The van der Waals surface area contributed by atoms with Gasteiger partial charge in [0.2, 0.25) is 0 Å². The van der Waals surface area contributed by atoms with E-state index in [2.05, 4.69) is 15.3 Å². The molecule has 0 saturated carbocycles. The van der Waals surface area contributed by atoms with Gasteiger partial charge in [-0.2, -0.15) is 9.97 Å². The van der Waals surface area contributed by atoms with Crippen molar-refractivity contribution in [1.82, 2.24) is 15.3 Å². The van der Waals surface area contributed by atoms with Gasteiger partial charge in [-0.15, -0.1) is 0 Å². The van der Waals surface area contributed by atoms with Crippen LogP contribution in [0.25, 0.3) is 10.8 Å². The quantitative estimate of drug-likeness (QED) is 0.533. The number of methoxy groups -OCH3 is 1. The number of fused-ring (bicyclic) bond motifs is 2. The maximum Gasteiger partial charge on any atom is 0.318 e. The van der Waals surface area contributed by atoms with E-state index in [0.717, 1.165) is 6.42 Å². The molecule has 202 valence electrons. The van der Waals surface area contributed by atoms with E-state index in [9.17, 15) is 14.3 Å². The Kier molecular flexibility index (Phi) is 7.90. The van der Waals surface area contributed by atoms with E-state index in [1.54, 1.807) is 12.1 Å². The standard InChI is InChI=1S/C24H25FN4O4.C4H9N/c1-3-16-17(25)6-5-14-11-15(30)12-19(20(14)16)29-13-18-21(23(29)31)22(27-24(26-18)32-2)28-7-4-9-33-10-8-28;1-2-4-5-3-1/h5-6,11-12,30H,3-4,7-10,13H2,1-2H3;5H,1-4H2. The lowest BCUT2D eigenvalue weighted by atomic mass is 9.99. The molecule has 2 aromatic carbocycles. The van der Waals surface area contributed by atoms with Crippen molar-refractivity contribution in [3.8, 4) is 11.8 Å². The van der Waals surface area contributed by atoms with Crippen LogP contribution in [0.2, 0.25) is 0 Å². The van der Waals surface area contributed by atoms with Crippen LogP contribution in [0, 0.1) is 5.82 Å². The molecule has 9 nitrogen and oxygen atoms in total. The van der Waals surface area contributed by atoms with Gasteiger partial charge in [-0.05, 0) is 61.9 Å². The number of aryl methyl sites for hydroxylation is 1. The molecule has 10 heteroatoms. The van der Waals surface area contributed by atoms with Gasteiger partial charge in [0, 0.05) is 31.1 Å². The zero-order valence-electron chi connectivity index (χ0n) is 21.9. The molecule has 0 aliphatic carbocycles. The lowest BCUT2D eigenvalue weighted by molar-refractivity contribution is 0.0997. The summed E-state index contributed by atoms with van der Waals surface area (Å²) in [6.07, 6.45) is 4.04. The molecule has 1 amide bonds.